The first kappa shape index (κ1) is 21.8. The number of nitrogens with zero attached hydrogens (tertiary/aromatic N) is 1. The van der Waals surface area contributed by atoms with Gasteiger partial charge >= 0.3 is 0 Å². The normalized spacial score (nSPS) is 13.9. The molecule has 4 rings (SSSR count). The Morgan fingerprint density at radius 3 is 1.94 bits per heavy atom. The molecule has 0 saturated carbocycles. The van der Waals surface area contributed by atoms with E-state index >= 15 is 0 Å². The first-order valence-electron chi connectivity index (χ1n) is 10.5. The van der Waals surface area contributed by atoms with Gasteiger partial charge in [0.15, 0.2) is 0 Å². The van der Waals surface area contributed by atoms with Crippen LogP contribution in [0.3, 0.4) is 0 Å². The van der Waals surface area contributed by atoms with Crippen LogP contribution in [0.2, 0.25) is 5.02 Å². The summed E-state index contributed by atoms with van der Waals surface area (Å²) in [7, 11) is 0. The number of amides is 2. The summed E-state index contributed by atoms with van der Waals surface area (Å²) in [5.41, 5.74) is 7.75. The Morgan fingerprint density at radius 2 is 1.31 bits per heavy atom. The summed E-state index contributed by atoms with van der Waals surface area (Å²) in [6.45, 7) is 9.89. The molecule has 32 heavy (non-hydrogen) atoms. The Bertz CT molecular complexity index is 1310. The monoisotopic (exact) mass is 444 g/mol. The molecule has 0 atom stereocenters. The number of anilines is 2. The van der Waals surface area contributed by atoms with Gasteiger partial charge in [0.2, 0.25) is 0 Å². The molecule has 0 aliphatic carbocycles. The third kappa shape index (κ3) is 3.82. The van der Waals surface area contributed by atoms with Gasteiger partial charge in [-0.25, -0.2) is 4.90 Å². The standard InChI is InChI=1S/C27H25ClN2O2/c1-15-6-9-20(12-18(15)4)24-25(29-21-10-7-17(3)23(28)14-21)27(32)30(26(24)31)22-11-8-16(2)19(5)13-22/h6-14,29H,1-5H3. The minimum Gasteiger partial charge on any atom is -0.350 e. The zero-order valence-electron chi connectivity index (χ0n) is 18.8. The van der Waals surface area contributed by atoms with Gasteiger partial charge in [-0.2, -0.15) is 0 Å². The minimum absolute atomic E-state index is 0.247. The Morgan fingerprint density at radius 1 is 0.688 bits per heavy atom. The average Bonchev–Trinajstić information content (AvgIpc) is 2.99. The van der Waals surface area contributed by atoms with Gasteiger partial charge in [-0.05, 0) is 92.3 Å². The molecule has 4 nitrogen and oxygen atoms in total. The second-order valence-electron chi connectivity index (χ2n) is 8.35. The highest BCUT2D eigenvalue weighted by Gasteiger charge is 2.40. The van der Waals surface area contributed by atoms with Crippen molar-refractivity contribution < 1.29 is 9.59 Å². The average molecular weight is 445 g/mol. The summed E-state index contributed by atoms with van der Waals surface area (Å²) in [5.74, 6) is -0.731. The number of halogens is 1. The van der Waals surface area contributed by atoms with Gasteiger partial charge in [0, 0.05) is 10.7 Å². The minimum atomic E-state index is -0.386. The zero-order valence-corrected chi connectivity index (χ0v) is 19.6. The van der Waals surface area contributed by atoms with Gasteiger partial charge in [-0.3, -0.25) is 9.59 Å². The van der Waals surface area contributed by atoms with Gasteiger partial charge < -0.3 is 5.32 Å². The molecule has 5 heteroatoms. The van der Waals surface area contributed by atoms with Crippen molar-refractivity contribution in [3.63, 3.8) is 0 Å². The van der Waals surface area contributed by atoms with E-state index in [4.69, 9.17) is 11.6 Å². The first-order valence-corrected chi connectivity index (χ1v) is 10.9. The van der Waals surface area contributed by atoms with Crippen LogP contribution in [0.25, 0.3) is 5.57 Å². The van der Waals surface area contributed by atoms with Gasteiger partial charge in [0.1, 0.15) is 5.70 Å². The van der Waals surface area contributed by atoms with E-state index in [9.17, 15) is 9.59 Å². The fraction of sp³-hybridized carbons (Fsp3) is 0.185. The van der Waals surface area contributed by atoms with Crippen LogP contribution in [-0.2, 0) is 9.59 Å². The predicted molar refractivity (Wildman–Crippen MR) is 131 cm³/mol. The number of carbonyl (C=O) groups excluding carboxylic acids is 2. The lowest BCUT2D eigenvalue weighted by Crippen LogP contribution is -2.32. The Balaban J connectivity index is 1.85. The van der Waals surface area contributed by atoms with Crippen molar-refractivity contribution in [1.82, 2.24) is 0 Å². The van der Waals surface area contributed by atoms with Crippen LogP contribution in [0.1, 0.15) is 33.4 Å². The Kier molecular flexibility index (Phi) is 5.66. The van der Waals surface area contributed by atoms with Crippen LogP contribution < -0.4 is 10.2 Å². The molecule has 0 radical (unpaired) electrons. The highest BCUT2D eigenvalue weighted by molar-refractivity contribution is 6.46. The van der Waals surface area contributed by atoms with E-state index in [1.54, 1.807) is 6.07 Å². The van der Waals surface area contributed by atoms with Crippen molar-refractivity contribution in [1.29, 1.82) is 0 Å². The van der Waals surface area contributed by atoms with Gasteiger partial charge in [-0.15, -0.1) is 0 Å². The molecule has 3 aromatic rings. The first-order chi connectivity index (χ1) is 15.2. The third-order valence-electron chi connectivity index (χ3n) is 6.07. The highest BCUT2D eigenvalue weighted by atomic mass is 35.5. The summed E-state index contributed by atoms with van der Waals surface area (Å²) in [6.07, 6.45) is 0. The van der Waals surface area contributed by atoms with Crippen molar-refractivity contribution in [3.05, 3.63) is 98.7 Å². The lowest BCUT2D eigenvalue weighted by Gasteiger charge is -2.17. The van der Waals surface area contributed by atoms with Gasteiger partial charge in [0.25, 0.3) is 11.8 Å². The predicted octanol–water partition coefficient (Wildman–Crippen LogP) is 6.28. The van der Waals surface area contributed by atoms with E-state index in [1.807, 2.05) is 83.1 Å². The van der Waals surface area contributed by atoms with Crippen LogP contribution in [0.4, 0.5) is 11.4 Å². The summed E-state index contributed by atoms with van der Waals surface area (Å²) in [6, 6.07) is 16.9. The molecule has 1 aliphatic heterocycles. The zero-order chi connectivity index (χ0) is 23.2. The molecule has 0 bridgehead atoms. The summed E-state index contributed by atoms with van der Waals surface area (Å²) in [4.78, 5) is 28.4. The number of rotatable bonds is 4. The summed E-state index contributed by atoms with van der Waals surface area (Å²) < 4.78 is 0. The third-order valence-corrected chi connectivity index (χ3v) is 6.48. The van der Waals surface area contributed by atoms with E-state index in [2.05, 4.69) is 5.32 Å². The SMILES string of the molecule is Cc1ccc(C2=C(Nc3ccc(C)c(Cl)c3)C(=O)N(c3ccc(C)c(C)c3)C2=O)cc1C. The number of imide groups is 1. The summed E-state index contributed by atoms with van der Waals surface area (Å²) in [5, 5.41) is 3.77. The number of hydrogen-bond acceptors (Lipinski definition) is 3. The smallest absolute Gasteiger partial charge is 0.282 e. The van der Waals surface area contributed by atoms with Crippen molar-refractivity contribution in [2.75, 3.05) is 10.2 Å². The van der Waals surface area contributed by atoms with Crippen molar-refractivity contribution >= 4 is 40.4 Å². The van der Waals surface area contributed by atoms with Crippen LogP contribution in [-0.4, -0.2) is 11.8 Å². The van der Waals surface area contributed by atoms with E-state index < -0.39 is 0 Å². The summed E-state index contributed by atoms with van der Waals surface area (Å²) >= 11 is 6.29. The van der Waals surface area contributed by atoms with Crippen molar-refractivity contribution in [2.45, 2.75) is 34.6 Å². The maximum absolute atomic E-state index is 13.6. The number of hydrogen-bond donors (Lipinski definition) is 1. The van der Waals surface area contributed by atoms with Crippen LogP contribution >= 0.6 is 11.6 Å². The van der Waals surface area contributed by atoms with Crippen LogP contribution in [0.5, 0.6) is 0 Å². The lowest BCUT2D eigenvalue weighted by atomic mass is 9.99. The molecule has 1 aliphatic rings. The van der Waals surface area contributed by atoms with Crippen molar-refractivity contribution in [3.8, 4) is 0 Å². The van der Waals surface area contributed by atoms with E-state index in [0.717, 1.165) is 27.8 Å². The Labute approximate surface area is 193 Å². The molecule has 0 unspecified atom stereocenters. The van der Waals surface area contributed by atoms with Crippen LogP contribution in [0, 0.1) is 34.6 Å². The molecule has 162 valence electrons. The van der Waals surface area contributed by atoms with Gasteiger partial charge in [0.05, 0.1) is 11.3 Å². The lowest BCUT2D eigenvalue weighted by molar-refractivity contribution is -0.120. The van der Waals surface area contributed by atoms with Crippen LogP contribution in [0.15, 0.2) is 60.3 Å². The molecule has 1 N–H and O–H groups in total. The number of nitrogens with one attached hydrogen (secondary N) is 1. The van der Waals surface area contributed by atoms with Gasteiger partial charge in [-0.1, -0.05) is 41.9 Å². The molecular formula is C27H25ClN2O2. The van der Waals surface area contributed by atoms with E-state index in [-0.39, 0.29) is 17.5 Å². The number of aryl methyl sites for hydroxylation is 5. The maximum atomic E-state index is 13.6. The second kappa shape index (κ2) is 8.29. The fourth-order valence-electron chi connectivity index (χ4n) is 3.72. The molecule has 0 spiro atoms. The molecule has 2 amide bonds. The highest BCUT2D eigenvalue weighted by Crippen LogP contribution is 2.35. The molecule has 0 saturated heterocycles. The van der Waals surface area contributed by atoms with E-state index in [0.29, 0.717) is 27.5 Å². The molecule has 1 heterocycles. The van der Waals surface area contributed by atoms with Crippen molar-refractivity contribution in [2.24, 2.45) is 0 Å². The second-order valence-corrected chi connectivity index (χ2v) is 8.76. The molecule has 0 fully saturated rings. The molecular weight excluding hydrogens is 420 g/mol. The largest absolute Gasteiger partial charge is 0.350 e. The fourth-order valence-corrected chi connectivity index (χ4v) is 3.91. The quantitative estimate of drug-likeness (QED) is 0.482. The number of carbonyl (C=O) groups is 2. The number of benzene rings is 3. The molecule has 0 aromatic heterocycles. The Hall–Kier alpha value is -3.37. The molecule has 3 aromatic carbocycles. The van der Waals surface area contributed by atoms with E-state index in [1.165, 1.54) is 4.90 Å². The topological polar surface area (TPSA) is 49.4 Å². The maximum Gasteiger partial charge on any atom is 0.282 e.